The summed E-state index contributed by atoms with van der Waals surface area (Å²) in [7, 11) is 0. The zero-order chi connectivity index (χ0) is 15.5. The fourth-order valence-corrected chi connectivity index (χ4v) is 3.03. The Labute approximate surface area is 129 Å². The van der Waals surface area contributed by atoms with Crippen molar-refractivity contribution in [1.82, 2.24) is 10.2 Å². The van der Waals surface area contributed by atoms with Gasteiger partial charge in [-0.05, 0) is 65.3 Å². The summed E-state index contributed by atoms with van der Waals surface area (Å²) >= 11 is 0. The predicted octanol–water partition coefficient (Wildman–Crippen LogP) is 3.41. The van der Waals surface area contributed by atoms with Crippen LogP contribution >= 0.6 is 0 Å². The second-order valence-corrected chi connectivity index (χ2v) is 7.90. The van der Waals surface area contributed by atoms with Gasteiger partial charge in [-0.1, -0.05) is 12.8 Å². The summed E-state index contributed by atoms with van der Waals surface area (Å²) in [5.41, 5.74) is -0.394. The molecule has 1 aliphatic heterocycles. The number of carbonyl (C=O) groups is 1. The number of nitrogens with zero attached hydrogens (tertiary/aromatic N) is 1. The number of hydrogen-bond donors (Lipinski definition) is 1. The van der Waals surface area contributed by atoms with Crippen molar-refractivity contribution in [1.29, 1.82) is 0 Å². The summed E-state index contributed by atoms with van der Waals surface area (Å²) in [6.45, 7) is 10.8. The Balaban J connectivity index is 1.59. The van der Waals surface area contributed by atoms with Crippen LogP contribution in [-0.4, -0.2) is 42.3 Å². The van der Waals surface area contributed by atoms with Gasteiger partial charge in [-0.25, -0.2) is 4.79 Å². The number of nitrogens with one attached hydrogen (secondary N) is 1. The SMILES string of the molecule is CC(CC1CC1)NCCC1CCN(C(=O)OC(C)(C)C)C1. The Morgan fingerprint density at radius 1 is 1.29 bits per heavy atom. The first kappa shape index (κ1) is 16.6. The van der Waals surface area contributed by atoms with Crippen molar-refractivity contribution in [3.63, 3.8) is 0 Å². The summed E-state index contributed by atoms with van der Waals surface area (Å²) in [4.78, 5) is 13.9. The third kappa shape index (κ3) is 6.25. The molecule has 2 aliphatic rings. The molecule has 1 N–H and O–H groups in total. The zero-order valence-electron chi connectivity index (χ0n) is 14.2. The van der Waals surface area contributed by atoms with Gasteiger partial charge in [-0.3, -0.25) is 0 Å². The minimum atomic E-state index is -0.394. The van der Waals surface area contributed by atoms with E-state index in [9.17, 15) is 4.79 Å². The van der Waals surface area contributed by atoms with E-state index in [1.165, 1.54) is 19.3 Å². The first-order chi connectivity index (χ1) is 9.83. The Kier molecular flexibility index (Phi) is 5.53. The van der Waals surface area contributed by atoms with Gasteiger partial charge in [0, 0.05) is 19.1 Å². The molecule has 122 valence electrons. The lowest BCUT2D eigenvalue weighted by atomic mass is 10.0. The molecule has 0 spiro atoms. The van der Waals surface area contributed by atoms with Gasteiger partial charge in [0.15, 0.2) is 0 Å². The first-order valence-electron chi connectivity index (χ1n) is 8.55. The number of hydrogen-bond acceptors (Lipinski definition) is 3. The standard InChI is InChI=1S/C17H32N2O2/c1-13(11-14-5-6-14)18-9-7-15-8-10-19(12-15)16(20)21-17(2,3)4/h13-15,18H,5-12H2,1-4H3. The predicted molar refractivity (Wildman–Crippen MR) is 85.3 cm³/mol. The fraction of sp³-hybridized carbons (Fsp3) is 0.941. The quantitative estimate of drug-likeness (QED) is 0.816. The largest absolute Gasteiger partial charge is 0.444 e. The maximum absolute atomic E-state index is 12.0. The van der Waals surface area contributed by atoms with Crippen molar-refractivity contribution >= 4 is 6.09 Å². The summed E-state index contributed by atoms with van der Waals surface area (Å²) in [6.07, 6.45) is 6.31. The highest BCUT2D eigenvalue weighted by atomic mass is 16.6. The van der Waals surface area contributed by atoms with E-state index in [1.807, 2.05) is 25.7 Å². The molecule has 0 bridgehead atoms. The van der Waals surface area contributed by atoms with Gasteiger partial charge < -0.3 is 15.0 Å². The fourth-order valence-electron chi connectivity index (χ4n) is 3.03. The second kappa shape index (κ2) is 6.99. The Morgan fingerprint density at radius 2 is 2.00 bits per heavy atom. The lowest BCUT2D eigenvalue weighted by molar-refractivity contribution is 0.0287. The highest BCUT2D eigenvalue weighted by Crippen LogP contribution is 2.33. The van der Waals surface area contributed by atoms with Crippen LogP contribution in [-0.2, 0) is 4.74 Å². The minimum absolute atomic E-state index is 0.153. The van der Waals surface area contributed by atoms with E-state index < -0.39 is 5.60 Å². The lowest BCUT2D eigenvalue weighted by Crippen LogP contribution is -2.35. The van der Waals surface area contributed by atoms with Gasteiger partial charge in [0.05, 0.1) is 0 Å². The van der Waals surface area contributed by atoms with Crippen LogP contribution in [0.3, 0.4) is 0 Å². The Bertz CT molecular complexity index is 347. The zero-order valence-corrected chi connectivity index (χ0v) is 14.2. The van der Waals surface area contributed by atoms with Crippen LogP contribution in [0.25, 0.3) is 0 Å². The summed E-state index contributed by atoms with van der Waals surface area (Å²) < 4.78 is 5.43. The highest BCUT2D eigenvalue weighted by molar-refractivity contribution is 5.68. The third-order valence-electron chi connectivity index (χ3n) is 4.37. The lowest BCUT2D eigenvalue weighted by Gasteiger charge is -2.24. The topological polar surface area (TPSA) is 41.6 Å². The van der Waals surface area contributed by atoms with Gasteiger partial charge in [0.2, 0.25) is 0 Å². The molecule has 0 radical (unpaired) electrons. The van der Waals surface area contributed by atoms with E-state index in [1.54, 1.807) is 0 Å². The van der Waals surface area contributed by atoms with Crippen LogP contribution in [0.5, 0.6) is 0 Å². The van der Waals surface area contributed by atoms with Crippen molar-refractivity contribution < 1.29 is 9.53 Å². The van der Waals surface area contributed by atoms with Crippen LogP contribution in [0.1, 0.15) is 59.8 Å². The molecule has 4 heteroatoms. The van der Waals surface area contributed by atoms with Gasteiger partial charge in [0.25, 0.3) is 0 Å². The van der Waals surface area contributed by atoms with Crippen LogP contribution in [0.4, 0.5) is 4.79 Å². The second-order valence-electron chi connectivity index (χ2n) is 7.90. The molecule has 1 aliphatic carbocycles. The van der Waals surface area contributed by atoms with Crippen LogP contribution in [0.2, 0.25) is 0 Å². The number of likely N-dealkylation sites (tertiary alicyclic amines) is 1. The molecule has 2 unspecified atom stereocenters. The van der Waals surface area contributed by atoms with Gasteiger partial charge in [-0.2, -0.15) is 0 Å². The number of ether oxygens (including phenoxy) is 1. The minimum Gasteiger partial charge on any atom is -0.444 e. The van der Waals surface area contributed by atoms with Gasteiger partial charge in [-0.15, -0.1) is 0 Å². The summed E-state index contributed by atoms with van der Waals surface area (Å²) in [5, 5.41) is 3.63. The molecule has 2 fully saturated rings. The van der Waals surface area contributed by atoms with E-state index >= 15 is 0 Å². The van der Waals surface area contributed by atoms with Crippen molar-refractivity contribution in [2.45, 2.75) is 71.4 Å². The van der Waals surface area contributed by atoms with Crippen LogP contribution in [0, 0.1) is 11.8 Å². The van der Waals surface area contributed by atoms with Crippen LogP contribution < -0.4 is 5.32 Å². The molecule has 4 nitrogen and oxygen atoms in total. The molecule has 2 rings (SSSR count). The molecule has 1 heterocycles. The highest BCUT2D eigenvalue weighted by Gasteiger charge is 2.29. The average molecular weight is 296 g/mol. The molecule has 0 aromatic carbocycles. The Morgan fingerprint density at radius 3 is 2.62 bits per heavy atom. The van der Waals surface area contributed by atoms with Crippen molar-refractivity contribution in [2.24, 2.45) is 11.8 Å². The summed E-state index contributed by atoms with van der Waals surface area (Å²) in [6, 6.07) is 0.640. The number of carbonyl (C=O) groups excluding carboxylic acids is 1. The van der Waals surface area contributed by atoms with E-state index in [0.29, 0.717) is 12.0 Å². The molecule has 1 saturated carbocycles. The first-order valence-corrected chi connectivity index (χ1v) is 8.55. The average Bonchev–Trinajstić information content (AvgIpc) is 3.03. The summed E-state index contributed by atoms with van der Waals surface area (Å²) in [5.74, 6) is 1.61. The molecular weight excluding hydrogens is 264 g/mol. The molecule has 21 heavy (non-hydrogen) atoms. The van der Waals surface area contributed by atoms with E-state index in [4.69, 9.17) is 4.74 Å². The van der Waals surface area contributed by atoms with E-state index in [0.717, 1.165) is 38.4 Å². The van der Waals surface area contributed by atoms with Gasteiger partial charge in [0.1, 0.15) is 5.60 Å². The molecule has 1 amide bonds. The number of rotatable bonds is 6. The van der Waals surface area contributed by atoms with Crippen molar-refractivity contribution in [3.8, 4) is 0 Å². The Hall–Kier alpha value is -0.770. The normalized spacial score (nSPS) is 24.2. The smallest absolute Gasteiger partial charge is 0.410 e. The number of amides is 1. The van der Waals surface area contributed by atoms with Crippen molar-refractivity contribution in [3.05, 3.63) is 0 Å². The molecule has 1 saturated heterocycles. The molecule has 0 aromatic rings. The van der Waals surface area contributed by atoms with E-state index in [2.05, 4.69) is 12.2 Å². The molecular formula is C17H32N2O2. The monoisotopic (exact) mass is 296 g/mol. The molecule has 0 aromatic heterocycles. The van der Waals surface area contributed by atoms with Crippen LogP contribution in [0.15, 0.2) is 0 Å². The van der Waals surface area contributed by atoms with Gasteiger partial charge >= 0.3 is 6.09 Å². The van der Waals surface area contributed by atoms with E-state index in [-0.39, 0.29) is 6.09 Å². The molecule has 2 atom stereocenters. The van der Waals surface area contributed by atoms with Crippen molar-refractivity contribution in [2.75, 3.05) is 19.6 Å². The maximum Gasteiger partial charge on any atom is 0.410 e. The third-order valence-corrected chi connectivity index (χ3v) is 4.37. The maximum atomic E-state index is 12.0.